The second-order valence-corrected chi connectivity index (χ2v) is 8.20. The lowest BCUT2D eigenvalue weighted by Gasteiger charge is -2.39. The topological polar surface area (TPSA) is 49.9 Å². The molecule has 0 N–H and O–H groups in total. The second-order valence-electron chi connectivity index (χ2n) is 7.12. The van der Waals surface area contributed by atoms with Crippen LogP contribution in [0.15, 0.2) is 20.5 Å². The van der Waals surface area contributed by atoms with Crippen molar-refractivity contribution in [1.29, 1.82) is 0 Å². The number of amides is 1. The van der Waals surface area contributed by atoms with Crippen molar-refractivity contribution >= 4 is 34.3 Å². The average molecular weight is 442 g/mol. The molecule has 2 aliphatic heterocycles. The van der Waals surface area contributed by atoms with Gasteiger partial charge >= 0.3 is 0 Å². The van der Waals surface area contributed by atoms with Crippen molar-refractivity contribution in [3.05, 3.63) is 20.5 Å². The van der Waals surface area contributed by atoms with E-state index in [9.17, 15) is 9.59 Å². The number of halogens is 1. The number of ketones is 1. The van der Waals surface area contributed by atoms with E-state index in [1.165, 1.54) is 25.5 Å². The van der Waals surface area contributed by atoms with E-state index in [4.69, 9.17) is 4.74 Å². The predicted molar refractivity (Wildman–Crippen MR) is 98.5 cm³/mol. The summed E-state index contributed by atoms with van der Waals surface area (Å²) < 4.78 is 6.21. The summed E-state index contributed by atoms with van der Waals surface area (Å²) in [5, 5.41) is 0. The summed E-state index contributed by atoms with van der Waals surface area (Å²) in [6.45, 7) is 5.69. The molecular weight excluding hydrogens is 419 g/mol. The quantitative estimate of drug-likeness (QED) is 0.629. The summed E-state index contributed by atoms with van der Waals surface area (Å²) in [5.74, 6) is 0.651. The number of hydrogen-bond donors (Lipinski definition) is 0. The highest BCUT2D eigenvalue weighted by Crippen LogP contribution is 2.53. The van der Waals surface area contributed by atoms with Crippen LogP contribution in [-0.4, -0.2) is 60.8 Å². The molecule has 6 heteroatoms. The van der Waals surface area contributed by atoms with Gasteiger partial charge in [0, 0.05) is 25.0 Å². The Morgan fingerprint density at radius 2 is 1.96 bits per heavy atom. The molecule has 0 bridgehead atoms. The molecular formula is C18H23IN2O3. The maximum atomic E-state index is 13.0. The van der Waals surface area contributed by atoms with Gasteiger partial charge in [-0.3, -0.25) is 14.5 Å². The molecule has 0 aromatic rings. The van der Waals surface area contributed by atoms with Crippen LogP contribution in [0, 0.1) is 11.8 Å². The fraction of sp³-hybridized carbons (Fsp3) is 0.667. The van der Waals surface area contributed by atoms with Crippen molar-refractivity contribution in [2.75, 3.05) is 33.3 Å². The smallest absolute Gasteiger partial charge is 0.254 e. The van der Waals surface area contributed by atoms with Gasteiger partial charge in [0.05, 0.1) is 16.3 Å². The van der Waals surface area contributed by atoms with Crippen molar-refractivity contribution in [2.45, 2.75) is 32.2 Å². The van der Waals surface area contributed by atoms with Crippen LogP contribution in [0.4, 0.5) is 0 Å². The fourth-order valence-electron chi connectivity index (χ4n) is 5.00. The van der Waals surface area contributed by atoms with Crippen molar-refractivity contribution in [3.63, 3.8) is 0 Å². The Balaban J connectivity index is 1.83. The predicted octanol–water partition coefficient (Wildman–Crippen LogP) is 2.12. The number of Topliss-reactive ketones (excluding diaryl/α,β-unsaturated/α-hetero) is 1. The van der Waals surface area contributed by atoms with Crippen LogP contribution in [0.25, 0.3) is 0 Å². The van der Waals surface area contributed by atoms with Gasteiger partial charge in [-0.05, 0) is 73.4 Å². The maximum Gasteiger partial charge on any atom is 0.254 e. The molecule has 5 nitrogen and oxygen atoms in total. The van der Waals surface area contributed by atoms with E-state index in [1.807, 2.05) is 11.8 Å². The summed E-state index contributed by atoms with van der Waals surface area (Å²) in [7, 11) is 1.51. The largest absolute Gasteiger partial charge is 0.492 e. The Labute approximate surface area is 156 Å². The first-order valence-corrected chi connectivity index (χ1v) is 9.92. The first-order valence-electron chi connectivity index (χ1n) is 8.84. The molecule has 1 unspecified atom stereocenters. The number of hydrogen-bond acceptors (Lipinski definition) is 4. The SMILES string of the molecule is CCN1C[C@@H]2C[C@@H](N3CCCC3)C3=C(I)C(=O)C(OC)=C(C1=O)C32. The lowest BCUT2D eigenvalue weighted by atomic mass is 9.77. The van der Waals surface area contributed by atoms with Crippen LogP contribution in [-0.2, 0) is 14.3 Å². The Kier molecular flexibility index (Phi) is 4.23. The van der Waals surface area contributed by atoms with E-state index in [-0.39, 0.29) is 23.4 Å². The summed E-state index contributed by atoms with van der Waals surface area (Å²) in [6.07, 6.45) is 3.51. The van der Waals surface area contributed by atoms with Crippen LogP contribution in [0.5, 0.6) is 0 Å². The molecule has 0 aromatic heterocycles. The molecule has 1 saturated carbocycles. The lowest BCUT2D eigenvalue weighted by Crippen LogP contribution is -2.47. The monoisotopic (exact) mass is 442 g/mol. The maximum absolute atomic E-state index is 13.0. The number of allylic oxidation sites excluding steroid dienone is 1. The molecule has 2 saturated heterocycles. The van der Waals surface area contributed by atoms with E-state index >= 15 is 0 Å². The van der Waals surface area contributed by atoms with Gasteiger partial charge in [0.25, 0.3) is 5.91 Å². The van der Waals surface area contributed by atoms with Crippen LogP contribution >= 0.6 is 22.6 Å². The third-order valence-corrected chi connectivity index (χ3v) is 7.16. The highest BCUT2D eigenvalue weighted by atomic mass is 127. The molecule has 2 heterocycles. The number of likely N-dealkylation sites (tertiary alicyclic amines) is 2. The number of nitrogens with zero attached hydrogens (tertiary/aromatic N) is 2. The summed E-state index contributed by atoms with van der Waals surface area (Å²) in [6, 6.07) is 0.316. The second kappa shape index (κ2) is 6.12. The van der Waals surface area contributed by atoms with Gasteiger partial charge in [0.15, 0.2) is 5.76 Å². The highest BCUT2D eigenvalue weighted by Gasteiger charge is 2.54. The number of methoxy groups -OCH3 is 1. The minimum atomic E-state index is -0.101. The number of piperidine rings is 1. The summed E-state index contributed by atoms with van der Waals surface area (Å²) in [5.41, 5.74) is 1.82. The molecule has 2 aliphatic carbocycles. The molecule has 3 atom stereocenters. The van der Waals surface area contributed by atoms with Crippen molar-refractivity contribution < 1.29 is 14.3 Å². The van der Waals surface area contributed by atoms with Gasteiger partial charge in [-0.2, -0.15) is 0 Å². The van der Waals surface area contributed by atoms with E-state index in [0.29, 0.717) is 24.1 Å². The zero-order chi connectivity index (χ0) is 17.0. The van der Waals surface area contributed by atoms with Crippen LogP contribution < -0.4 is 0 Å². The molecule has 3 fully saturated rings. The molecule has 1 amide bonds. The normalized spacial score (nSPS) is 33.6. The van der Waals surface area contributed by atoms with Gasteiger partial charge in [-0.25, -0.2) is 0 Å². The number of rotatable bonds is 3. The number of carbonyl (C=O) groups is 2. The molecule has 24 heavy (non-hydrogen) atoms. The number of ether oxygens (including phenoxy) is 1. The molecule has 0 radical (unpaired) electrons. The standard InChI is InChI=1S/C18H23IN2O3/c1-3-20-9-10-8-11(21-6-4-5-7-21)13-12(10)14(18(20)23)17(24-2)16(22)15(13)19/h10-12H,3-9H2,1-2H3/t10-,11+,12?/m0/s1. The first kappa shape index (κ1) is 16.6. The Morgan fingerprint density at radius 3 is 2.58 bits per heavy atom. The third kappa shape index (κ3) is 2.21. The Hall–Kier alpha value is -0.890. The summed E-state index contributed by atoms with van der Waals surface area (Å²) in [4.78, 5) is 30.2. The van der Waals surface area contributed by atoms with Crippen LogP contribution in [0.3, 0.4) is 0 Å². The van der Waals surface area contributed by atoms with E-state index < -0.39 is 0 Å². The molecule has 4 aliphatic rings. The molecule has 0 aromatic carbocycles. The number of likely N-dealkylation sites (N-methyl/N-ethyl adjacent to an activating group) is 1. The lowest BCUT2D eigenvalue weighted by molar-refractivity contribution is -0.131. The van der Waals surface area contributed by atoms with Crippen molar-refractivity contribution in [3.8, 4) is 0 Å². The minimum absolute atomic E-state index is 0.00702. The van der Waals surface area contributed by atoms with Crippen molar-refractivity contribution in [2.24, 2.45) is 11.8 Å². The highest BCUT2D eigenvalue weighted by molar-refractivity contribution is 14.1. The minimum Gasteiger partial charge on any atom is -0.492 e. The average Bonchev–Trinajstić information content (AvgIpc) is 3.22. The van der Waals surface area contributed by atoms with Gasteiger partial charge in [0.2, 0.25) is 5.78 Å². The Bertz CT molecular complexity index is 663. The van der Waals surface area contributed by atoms with Crippen LogP contribution in [0.2, 0.25) is 0 Å². The van der Waals surface area contributed by atoms with Gasteiger partial charge in [-0.1, -0.05) is 0 Å². The van der Waals surface area contributed by atoms with Gasteiger partial charge in [0.1, 0.15) is 0 Å². The Morgan fingerprint density at radius 1 is 1.25 bits per heavy atom. The molecule has 4 rings (SSSR count). The van der Waals surface area contributed by atoms with Gasteiger partial charge < -0.3 is 9.64 Å². The van der Waals surface area contributed by atoms with E-state index in [1.54, 1.807) is 0 Å². The van der Waals surface area contributed by atoms with E-state index in [2.05, 4.69) is 27.5 Å². The first-order chi connectivity index (χ1) is 11.6. The third-order valence-electron chi connectivity index (χ3n) is 6.05. The fourth-order valence-corrected chi connectivity index (χ4v) is 5.94. The molecule has 130 valence electrons. The van der Waals surface area contributed by atoms with Crippen molar-refractivity contribution in [1.82, 2.24) is 9.80 Å². The summed E-state index contributed by atoms with van der Waals surface area (Å²) >= 11 is 2.19. The number of carbonyl (C=O) groups excluding carboxylic acids is 2. The van der Waals surface area contributed by atoms with Gasteiger partial charge in [-0.15, -0.1) is 0 Å². The molecule has 0 spiro atoms. The zero-order valence-corrected chi connectivity index (χ0v) is 16.3. The zero-order valence-electron chi connectivity index (χ0n) is 14.2. The van der Waals surface area contributed by atoms with E-state index in [0.717, 1.165) is 29.6 Å². The van der Waals surface area contributed by atoms with Crippen LogP contribution in [0.1, 0.15) is 26.2 Å².